The summed E-state index contributed by atoms with van der Waals surface area (Å²) < 4.78 is 16.4. The Labute approximate surface area is 163 Å². The molecule has 2 aromatic carbocycles. The minimum Gasteiger partial charge on any atom is -0.493 e. The van der Waals surface area contributed by atoms with E-state index in [1.165, 1.54) is 0 Å². The molecule has 3 rings (SSSR count). The summed E-state index contributed by atoms with van der Waals surface area (Å²) in [6.07, 6.45) is 4.01. The van der Waals surface area contributed by atoms with E-state index in [1.807, 2.05) is 30.3 Å². The lowest BCUT2D eigenvalue weighted by molar-refractivity contribution is 0.0697. The summed E-state index contributed by atoms with van der Waals surface area (Å²) in [6, 6.07) is 14.3. The van der Waals surface area contributed by atoms with Crippen molar-refractivity contribution < 1.29 is 24.1 Å². The lowest BCUT2D eigenvalue weighted by Gasteiger charge is -2.11. The molecule has 0 saturated carbocycles. The molecule has 0 atom stereocenters. The summed E-state index contributed by atoms with van der Waals surface area (Å²) in [5.74, 6) is 1.03. The first-order chi connectivity index (χ1) is 13.6. The maximum atomic E-state index is 11.2. The first-order valence-electron chi connectivity index (χ1n) is 8.73. The number of carboxylic acids is 1. The fourth-order valence-corrected chi connectivity index (χ4v) is 2.81. The van der Waals surface area contributed by atoms with Crippen molar-refractivity contribution >= 4 is 5.97 Å². The van der Waals surface area contributed by atoms with Gasteiger partial charge in [0.05, 0.1) is 32.6 Å². The van der Waals surface area contributed by atoms with Crippen LogP contribution >= 0.6 is 0 Å². The molecule has 0 bridgehead atoms. The van der Waals surface area contributed by atoms with Gasteiger partial charge in [0.15, 0.2) is 11.5 Å². The van der Waals surface area contributed by atoms with Gasteiger partial charge in [0.25, 0.3) is 0 Å². The minimum atomic E-state index is -0.961. The molecule has 0 aliphatic rings. The Bertz CT molecular complexity index is 971. The number of rotatable bonds is 8. The van der Waals surface area contributed by atoms with Crippen molar-refractivity contribution in [1.82, 2.24) is 4.98 Å². The third kappa shape index (κ3) is 4.59. The third-order valence-corrected chi connectivity index (χ3v) is 4.26. The van der Waals surface area contributed by atoms with E-state index >= 15 is 0 Å². The number of aromatic nitrogens is 1. The predicted molar refractivity (Wildman–Crippen MR) is 105 cm³/mol. The summed E-state index contributed by atoms with van der Waals surface area (Å²) in [7, 11) is 3.21. The van der Waals surface area contributed by atoms with Gasteiger partial charge in [-0.05, 0) is 41.5 Å². The fourth-order valence-electron chi connectivity index (χ4n) is 2.81. The zero-order valence-electron chi connectivity index (χ0n) is 15.7. The Morgan fingerprint density at radius 3 is 2.54 bits per heavy atom. The van der Waals surface area contributed by atoms with Crippen LogP contribution in [0.3, 0.4) is 0 Å². The third-order valence-electron chi connectivity index (χ3n) is 4.26. The lowest BCUT2D eigenvalue weighted by atomic mass is 10.0. The molecule has 0 unspecified atom stereocenters. The van der Waals surface area contributed by atoms with Crippen LogP contribution in [0.2, 0.25) is 0 Å². The van der Waals surface area contributed by atoms with E-state index in [0.29, 0.717) is 30.3 Å². The topological polar surface area (TPSA) is 77.9 Å². The molecule has 0 amide bonds. The number of hydrogen-bond acceptors (Lipinski definition) is 5. The molecule has 1 aromatic heterocycles. The molecule has 0 aliphatic heterocycles. The van der Waals surface area contributed by atoms with E-state index in [2.05, 4.69) is 4.98 Å². The second kappa shape index (κ2) is 8.90. The molecule has 0 spiro atoms. The molecule has 144 valence electrons. The van der Waals surface area contributed by atoms with Crippen LogP contribution in [0, 0.1) is 0 Å². The Hall–Kier alpha value is -3.54. The van der Waals surface area contributed by atoms with Crippen molar-refractivity contribution in [3.63, 3.8) is 0 Å². The summed E-state index contributed by atoms with van der Waals surface area (Å²) in [6.45, 7) is 0.468. The molecule has 28 heavy (non-hydrogen) atoms. The molecule has 6 heteroatoms. The standard InChI is InChI=1S/C22H21NO5/c1-26-20-7-6-15(10-21(20)27-2)8-9-28-19-12-18(13-23-14-19)16-4-3-5-17(11-16)22(24)25/h3-7,10-14H,8-9H2,1-2H3,(H,24,25). The van der Waals surface area contributed by atoms with Crippen molar-refractivity contribution in [2.45, 2.75) is 6.42 Å². The van der Waals surface area contributed by atoms with Crippen LogP contribution in [0.15, 0.2) is 60.9 Å². The summed E-state index contributed by atoms with van der Waals surface area (Å²) in [5, 5.41) is 9.15. The van der Waals surface area contributed by atoms with Gasteiger partial charge in [0.2, 0.25) is 0 Å². The van der Waals surface area contributed by atoms with Crippen molar-refractivity contribution in [1.29, 1.82) is 0 Å². The van der Waals surface area contributed by atoms with Crippen LogP contribution in [0.4, 0.5) is 0 Å². The Kier molecular flexibility index (Phi) is 6.11. The van der Waals surface area contributed by atoms with Crippen LogP contribution in [-0.4, -0.2) is 36.9 Å². The summed E-state index contributed by atoms with van der Waals surface area (Å²) >= 11 is 0. The van der Waals surface area contributed by atoms with Gasteiger partial charge in [0, 0.05) is 18.2 Å². The number of nitrogens with zero attached hydrogens (tertiary/aromatic N) is 1. The molecule has 1 heterocycles. The predicted octanol–water partition coefficient (Wildman–Crippen LogP) is 4.09. The molecule has 0 fully saturated rings. The number of hydrogen-bond donors (Lipinski definition) is 1. The van der Waals surface area contributed by atoms with E-state index in [-0.39, 0.29) is 5.56 Å². The number of pyridine rings is 1. The fraction of sp³-hybridized carbons (Fsp3) is 0.182. The molecule has 6 nitrogen and oxygen atoms in total. The highest BCUT2D eigenvalue weighted by Gasteiger charge is 2.07. The van der Waals surface area contributed by atoms with E-state index in [1.54, 1.807) is 44.8 Å². The van der Waals surface area contributed by atoms with Crippen LogP contribution in [0.1, 0.15) is 15.9 Å². The van der Waals surface area contributed by atoms with Gasteiger partial charge >= 0.3 is 5.97 Å². The first kappa shape index (κ1) is 19.2. The lowest BCUT2D eigenvalue weighted by Crippen LogP contribution is -2.02. The Morgan fingerprint density at radius 2 is 1.79 bits per heavy atom. The largest absolute Gasteiger partial charge is 0.493 e. The van der Waals surface area contributed by atoms with Gasteiger partial charge in [-0.1, -0.05) is 18.2 Å². The quantitative estimate of drug-likeness (QED) is 0.635. The number of carbonyl (C=O) groups is 1. The average Bonchev–Trinajstić information content (AvgIpc) is 2.74. The number of benzene rings is 2. The average molecular weight is 379 g/mol. The molecule has 0 aliphatic carbocycles. The number of aromatic carboxylic acids is 1. The molecule has 3 aromatic rings. The van der Waals surface area contributed by atoms with E-state index in [0.717, 1.165) is 16.7 Å². The molecular weight excluding hydrogens is 358 g/mol. The zero-order valence-corrected chi connectivity index (χ0v) is 15.7. The van der Waals surface area contributed by atoms with E-state index < -0.39 is 5.97 Å². The SMILES string of the molecule is COc1ccc(CCOc2cncc(-c3cccc(C(=O)O)c3)c2)cc1OC. The van der Waals surface area contributed by atoms with Crippen molar-refractivity contribution in [2.24, 2.45) is 0 Å². The van der Waals surface area contributed by atoms with Gasteiger partial charge in [0.1, 0.15) is 5.75 Å². The molecule has 1 N–H and O–H groups in total. The molecule has 0 radical (unpaired) electrons. The monoisotopic (exact) mass is 379 g/mol. The zero-order chi connectivity index (χ0) is 19.9. The van der Waals surface area contributed by atoms with Gasteiger partial charge in [-0.3, -0.25) is 4.98 Å². The van der Waals surface area contributed by atoms with Crippen LogP contribution in [-0.2, 0) is 6.42 Å². The number of methoxy groups -OCH3 is 2. The number of carboxylic acid groups (broad SMARTS) is 1. The van der Waals surface area contributed by atoms with Gasteiger partial charge in [-0.2, -0.15) is 0 Å². The smallest absolute Gasteiger partial charge is 0.335 e. The van der Waals surface area contributed by atoms with Crippen LogP contribution in [0.5, 0.6) is 17.2 Å². The van der Waals surface area contributed by atoms with Gasteiger partial charge in [-0.15, -0.1) is 0 Å². The van der Waals surface area contributed by atoms with Gasteiger partial charge in [-0.25, -0.2) is 4.79 Å². The molecule has 0 saturated heterocycles. The maximum absolute atomic E-state index is 11.2. The normalized spacial score (nSPS) is 10.4. The highest BCUT2D eigenvalue weighted by atomic mass is 16.5. The highest BCUT2D eigenvalue weighted by Crippen LogP contribution is 2.28. The van der Waals surface area contributed by atoms with Crippen LogP contribution < -0.4 is 14.2 Å². The maximum Gasteiger partial charge on any atom is 0.335 e. The van der Waals surface area contributed by atoms with Crippen LogP contribution in [0.25, 0.3) is 11.1 Å². The van der Waals surface area contributed by atoms with Gasteiger partial charge < -0.3 is 19.3 Å². The van der Waals surface area contributed by atoms with E-state index in [4.69, 9.17) is 19.3 Å². The van der Waals surface area contributed by atoms with Crippen molar-refractivity contribution in [3.8, 4) is 28.4 Å². The second-order valence-corrected chi connectivity index (χ2v) is 6.08. The van der Waals surface area contributed by atoms with Crippen molar-refractivity contribution in [2.75, 3.05) is 20.8 Å². The first-order valence-corrected chi connectivity index (χ1v) is 8.73. The summed E-state index contributed by atoms with van der Waals surface area (Å²) in [5.41, 5.74) is 2.87. The van der Waals surface area contributed by atoms with Crippen molar-refractivity contribution in [3.05, 3.63) is 72.1 Å². The number of ether oxygens (including phenoxy) is 3. The Balaban J connectivity index is 1.67. The molecular formula is C22H21NO5. The van der Waals surface area contributed by atoms with E-state index in [9.17, 15) is 4.79 Å². The Morgan fingerprint density at radius 1 is 0.964 bits per heavy atom. The second-order valence-electron chi connectivity index (χ2n) is 6.08. The summed E-state index contributed by atoms with van der Waals surface area (Å²) in [4.78, 5) is 15.4. The minimum absolute atomic E-state index is 0.234. The highest BCUT2D eigenvalue weighted by molar-refractivity contribution is 5.89.